The van der Waals surface area contributed by atoms with Gasteiger partial charge in [-0.15, -0.1) is 12.4 Å². The minimum Gasteiger partial charge on any atom is -0.341 e. The number of carbonyl (C=O) groups is 1. The summed E-state index contributed by atoms with van der Waals surface area (Å²) in [6.45, 7) is 4.88. The first-order valence-corrected chi connectivity index (χ1v) is 6.47. The highest BCUT2D eigenvalue weighted by atomic mass is 79.9. The Morgan fingerprint density at radius 3 is 2.53 bits per heavy atom. The quantitative estimate of drug-likeness (QED) is 0.904. The summed E-state index contributed by atoms with van der Waals surface area (Å²) in [5.41, 5.74) is 5.52. The molecule has 0 fully saturated rings. The van der Waals surface area contributed by atoms with Crippen molar-refractivity contribution in [1.29, 1.82) is 0 Å². The third-order valence-electron chi connectivity index (χ3n) is 2.73. The fourth-order valence-corrected chi connectivity index (χ4v) is 1.98. The van der Waals surface area contributed by atoms with E-state index in [2.05, 4.69) is 15.9 Å². The summed E-state index contributed by atoms with van der Waals surface area (Å²) >= 11 is 3.16. The summed E-state index contributed by atoms with van der Waals surface area (Å²) in [5.74, 6) is -0.853. The van der Waals surface area contributed by atoms with Crippen LogP contribution in [0.15, 0.2) is 22.7 Å². The number of benzene rings is 1. The highest BCUT2D eigenvalue weighted by molar-refractivity contribution is 9.10. The number of halogens is 3. The Morgan fingerprint density at radius 1 is 1.47 bits per heavy atom. The summed E-state index contributed by atoms with van der Waals surface area (Å²) in [6, 6.07) is 4.42. The number of nitrogens with two attached hydrogens (primary N) is 1. The monoisotopic (exact) mass is 352 g/mol. The second kappa shape index (κ2) is 7.22. The highest BCUT2D eigenvalue weighted by Gasteiger charge is 2.23. The summed E-state index contributed by atoms with van der Waals surface area (Å²) < 4.78 is 14.3. The predicted molar refractivity (Wildman–Crippen MR) is 81.1 cm³/mol. The molecule has 2 N–H and O–H groups in total. The van der Waals surface area contributed by atoms with Crippen molar-refractivity contribution in [3.63, 3.8) is 0 Å². The summed E-state index contributed by atoms with van der Waals surface area (Å²) in [5, 5.41) is 0. The number of hydrogen-bond donors (Lipinski definition) is 1. The van der Waals surface area contributed by atoms with Crippen LogP contribution in [0.3, 0.4) is 0 Å². The summed E-state index contributed by atoms with van der Waals surface area (Å²) in [4.78, 5) is 13.6. The van der Waals surface area contributed by atoms with Crippen molar-refractivity contribution >= 4 is 34.2 Å². The number of carbonyl (C=O) groups excluding carboxylic acids is 1. The van der Waals surface area contributed by atoms with Crippen molar-refractivity contribution in [2.45, 2.75) is 13.8 Å². The van der Waals surface area contributed by atoms with Gasteiger partial charge in [0.25, 0.3) is 5.91 Å². The van der Waals surface area contributed by atoms with Gasteiger partial charge in [-0.1, -0.05) is 29.8 Å². The third kappa shape index (κ3) is 5.09. The molecule has 0 spiro atoms. The Hall–Kier alpha value is -0.650. The fourth-order valence-electron chi connectivity index (χ4n) is 1.65. The molecule has 19 heavy (non-hydrogen) atoms. The number of amides is 1. The van der Waals surface area contributed by atoms with Crippen LogP contribution in [0.5, 0.6) is 0 Å². The molecule has 1 amide bonds. The van der Waals surface area contributed by atoms with Crippen molar-refractivity contribution in [3.8, 4) is 0 Å². The van der Waals surface area contributed by atoms with Gasteiger partial charge >= 0.3 is 0 Å². The standard InChI is InChI=1S/C13H18BrFN2O.ClH/c1-13(2,7-16)8-17(3)12(18)10-5-4-9(14)6-11(10)15;/h4-6H,7-8,16H2,1-3H3;1H. The SMILES string of the molecule is CN(CC(C)(C)CN)C(=O)c1ccc(Br)cc1F.Cl. The number of nitrogens with zero attached hydrogens (tertiary/aromatic N) is 1. The minimum absolute atomic E-state index is 0. The van der Waals surface area contributed by atoms with Crippen molar-refractivity contribution in [2.24, 2.45) is 11.1 Å². The molecular formula is C13H19BrClFN2O. The molecular weight excluding hydrogens is 335 g/mol. The van der Waals surface area contributed by atoms with Gasteiger partial charge in [0, 0.05) is 18.1 Å². The molecule has 0 aliphatic rings. The summed E-state index contributed by atoms with van der Waals surface area (Å²) in [6.07, 6.45) is 0. The molecule has 108 valence electrons. The van der Waals surface area contributed by atoms with E-state index in [4.69, 9.17) is 5.73 Å². The molecule has 0 aliphatic heterocycles. The number of hydrogen-bond acceptors (Lipinski definition) is 2. The van der Waals surface area contributed by atoms with E-state index in [1.54, 1.807) is 13.1 Å². The van der Waals surface area contributed by atoms with Crippen LogP contribution in [0, 0.1) is 11.2 Å². The first-order chi connectivity index (χ1) is 8.26. The largest absolute Gasteiger partial charge is 0.341 e. The van der Waals surface area contributed by atoms with Crippen molar-refractivity contribution in [2.75, 3.05) is 20.1 Å². The highest BCUT2D eigenvalue weighted by Crippen LogP contribution is 2.19. The first kappa shape index (κ1) is 18.4. The second-order valence-electron chi connectivity index (χ2n) is 5.15. The van der Waals surface area contributed by atoms with Crippen LogP contribution in [0.1, 0.15) is 24.2 Å². The molecule has 0 unspecified atom stereocenters. The third-order valence-corrected chi connectivity index (χ3v) is 3.22. The van der Waals surface area contributed by atoms with Crippen LogP contribution in [-0.2, 0) is 0 Å². The lowest BCUT2D eigenvalue weighted by Crippen LogP contribution is -2.40. The molecule has 1 aromatic carbocycles. The van der Waals surface area contributed by atoms with Crippen molar-refractivity contribution in [3.05, 3.63) is 34.1 Å². The van der Waals surface area contributed by atoms with Crippen LogP contribution in [0.2, 0.25) is 0 Å². The van der Waals surface area contributed by atoms with E-state index in [1.807, 2.05) is 13.8 Å². The second-order valence-corrected chi connectivity index (χ2v) is 6.07. The lowest BCUT2D eigenvalue weighted by molar-refractivity contribution is 0.0736. The zero-order chi connectivity index (χ0) is 13.9. The van der Waals surface area contributed by atoms with Crippen LogP contribution in [-0.4, -0.2) is 30.9 Å². The molecule has 1 aromatic rings. The van der Waals surface area contributed by atoms with Gasteiger partial charge in [0.1, 0.15) is 5.82 Å². The van der Waals surface area contributed by atoms with E-state index >= 15 is 0 Å². The van der Waals surface area contributed by atoms with Crippen LogP contribution in [0.25, 0.3) is 0 Å². The van der Waals surface area contributed by atoms with Crippen molar-refractivity contribution in [1.82, 2.24) is 4.90 Å². The van der Waals surface area contributed by atoms with Crippen molar-refractivity contribution < 1.29 is 9.18 Å². The zero-order valence-electron chi connectivity index (χ0n) is 11.2. The molecule has 0 saturated carbocycles. The summed E-state index contributed by atoms with van der Waals surface area (Å²) in [7, 11) is 1.65. The van der Waals surface area contributed by atoms with E-state index in [-0.39, 0.29) is 29.3 Å². The lowest BCUT2D eigenvalue weighted by Gasteiger charge is -2.29. The maximum atomic E-state index is 13.7. The topological polar surface area (TPSA) is 46.3 Å². The molecule has 0 bridgehead atoms. The maximum Gasteiger partial charge on any atom is 0.256 e. The Morgan fingerprint density at radius 2 is 2.05 bits per heavy atom. The molecule has 0 heterocycles. The van der Waals surface area contributed by atoms with Gasteiger partial charge in [0.2, 0.25) is 0 Å². The molecule has 3 nitrogen and oxygen atoms in total. The Bertz CT molecular complexity index is 454. The lowest BCUT2D eigenvalue weighted by atomic mass is 9.93. The van der Waals surface area contributed by atoms with Gasteiger partial charge in [0.05, 0.1) is 5.56 Å². The molecule has 0 aliphatic carbocycles. The van der Waals surface area contributed by atoms with Gasteiger partial charge in [-0.05, 0) is 30.2 Å². The predicted octanol–water partition coefficient (Wildman–Crippen LogP) is 3.07. The molecule has 1 rings (SSSR count). The Kier molecular flexibility index (Phi) is 6.97. The average Bonchev–Trinajstić information content (AvgIpc) is 2.27. The van der Waals surface area contributed by atoms with E-state index in [9.17, 15) is 9.18 Å². The average molecular weight is 354 g/mol. The Balaban J connectivity index is 0.00000324. The van der Waals surface area contributed by atoms with Gasteiger partial charge in [-0.3, -0.25) is 4.79 Å². The molecule has 0 atom stereocenters. The van der Waals surface area contributed by atoms with Gasteiger partial charge in [-0.25, -0.2) is 4.39 Å². The maximum absolute atomic E-state index is 13.7. The van der Waals surface area contributed by atoms with E-state index < -0.39 is 5.82 Å². The molecule has 0 saturated heterocycles. The van der Waals surface area contributed by atoms with E-state index in [1.165, 1.54) is 17.0 Å². The minimum atomic E-state index is -0.522. The molecule has 0 radical (unpaired) electrons. The number of rotatable bonds is 4. The molecule has 0 aromatic heterocycles. The van der Waals surface area contributed by atoms with E-state index in [0.29, 0.717) is 17.6 Å². The smallest absolute Gasteiger partial charge is 0.256 e. The molecule has 6 heteroatoms. The van der Waals surface area contributed by atoms with Crippen LogP contribution in [0.4, 0.5) is 4.39 Å². The Labute approximate surface area is 127 Å². The van der Waals surface area contributed by atoms with E-state index in [0.717, 1.165) is 0 Å². The van der Waals surface area contributed by atoms with Crippen LogP contribution < -0.4 is 5.73 Å². The van der Waals surface area contributed by atoms with Gasteiger partial charge < -0.3 is 10.6 Å². The van der Waals surface area contributed by atoms with Gasteiger partial charge in [-0.2, -0.15) is 0 Å². The normalized spacial score (nSPS) is 10.8. The van der Waals surface area contributed by atoms with Gasteiger partial charge in [0.15, 0.2) is 0 Å². The zero-order valence-corrected chi connectivity index (χ0v) is 13.6. The first-order valence-electron chi connectivity index (χ1n) is 5.67. The van der Waals surface area contributed by atoms with Crippen LogP contribution >= 0.6 is 28.3 Å². The fraction of sp³-hybridized carbons (Fsp3) is 0.462.